The molecular formula is C18H21BrN4O3S. The molecule has 1 saturated heterocycles. The molecule has 1 aliphatic rings. The maximum absolute atomic E-state index is 12.8. The van der Waals surface area contributed by atoms with Crippen molar-refractivity contribution in [3.8, 4) is 0 Å². The number of carbonyl (C=O) groups is 1. The van der Waals surface area contributed by atoms with E-state index < -0.39 is 10.0 Å². The van der Waals surface area contributed by atoms with E-state index in [1.165, 1.54) is 4.31 Å². The minimum Gasteiger partial charge on any atom is -0.331 e. The van der Waals surface area contributed by atoms with Crippen LogP contribution >= 0.6 is 15.9 Å². The highest BCUT2D eigenvalue weighted by Crippen LogP contribution is 2.21. The third kappa shape index (κ3) is 4.66. The summed E-state index contributed by atoms with van der Waals surface area (Å²) in [7, 11) is -3.56. The van der Waals surface area contributed by atoms with Crippen molar-refractivity contribution in [3.05, 3.63) is 58.8 Å². The van der Waals surface area contributed by atoms with Crippen molar-refractivity contribution in [1.82, 2.24) is 19.5 Å². The summed E-state index contributed by atoms with van der Waals surface area (Å²) in [6.07, 6.45) is 3.40. The first-order valence-electron chi connectivity index (χ1n) is 8.59. The van der Waals surface area contributed by atoms with Gasteiger partial charge in [-0.05, 0) is 36.8 Å². The fourth-order valence-corrected chi connectivity index (χ4v) is 4.92. The number of rotatable bonds is 4. The van der Waals surface area contributed by atoms with Crippen molar-refractivity contribution in [2.45, 2.75) is 17.9 Å². The summed E-state index contributed by atoms with van der Waals surface area (Å²) in [6, 6.07) is 9.99. The number of urea groups is 1. The number of amides is 2. The van der Waals surface area contributed by atoms with Gasteiger partial charge in [-0.3, -0.25) is 4.98 Å². The highest BCUT2D eigenvalue weighted by Gasteiger charge is 2.30. The first kappa shape index (κ1) is 19.8. The lowest BCUT2D eigenvalue weighted by Crippen LogP contribution is -2.53. The molecule has 1 aromatic heterocycles. The van der Waals surface area contributed by atoms with Crippen molar-refractivity contribution in [1.29, 1.82) is 0 Å². The third-order valence-corrected chi connectivity index (χ3v) is 6.87. The predicted molar refractivity (Wildman–Crippen MR) is 106 cm³/mol. The van der Waals surface area contributed by atoms with E-state index in [-0.39, 0.29) is 30.1 Å². The van der Waals surface area contributed by atoms with Crippen LogP contribution in [-0.4, -0.2) is 54.8 Å². The van der Waals surface area contributed by atoms with Crippen LogP contribution in [0.25, 0.3) is 0 Å². The number of pyridine rings is 1. The lowest BCUT2D eigenvalue weighted by molar-refractivity contribution is 0.169. The van der Waals surface area contributed by atoms with Gasteiger partial charge in [0.1, 0.15) is 0 Å². The van der Waals surface area contributed by atoms with Crippen molar-refractivity contribution in [2.75, 3.05) is 26.2 Å². The molecule has 0 spiro atoms. The van der Waals surface area contributed by atoms with Crippen molar-refractivity contribution in [2.24, 2.45) is 0 Å². The van der Waals surface area contributed by atoms with Crippen LogP contribution in [0.2, 0.25) is 0 Å². The number of hydrogen-bond acceptors (Lipinski definition) is 4. The maximum Gasteiger partial charge on any atom is 0.317 e. The van der Waals surface area contributed by atoms with Crippen LogP contribution in [-0.2, 0) is 10.0 Å². The fraction of sp³-hybridized carbons (Fsp3) is 0.333. The average Bonchev–Trinajstić information content (AvgIpc) is 2.68. The summed E-state index contributed by atoms with van der Waals surface area (Å²) in [4.78, 5) is 18.4. The molecular weight excluding hydrogens is 432 g/mol. The molecule has 27 heavy (non-hydrogen) atoms. The second kappa shape index (κ2) is 8.37. The van der Waals surface area contributed by atoms with Crippen molar-refractivity contribution >= 4 is 32.0 Å². The molecule has 0 saturated carbocycles. The van der Waals surface area contributed by atoms with Crippen LogP contribution < -0.4 is 5.32 Å². The Morgan fingerprint density at radius 2 is 1.93 bits per heavy atom. The number of carbonyl (C=O) groups excluding carboxylic acids is 1. The summed E-state index contributed by atoms with van der Waals surface area (Å²) in [5.74, 6) is 0. The molecule has 7 nitrogen and oxygen atoms in total. The minimum absolute atomic E-state index is 0.172. The van der Waals surface area contributed by atoms with Crippen molar-refractivity contribution in [3.63, 3.8) is 0 Å². The average molecular weight is 453 g/mol. The molecule has 0 radical (unpaired) electrons. The van der Waals surface area contributed by atoms with Crippen LogP contribution in [0.5, 0.6) is 0 Å². The van der Waals surface area contributed by atoms with Gasteiger partial charge in [-0.2, -0.15) is 4.31 Å². The van der Waals surface area contributed by atoms with E-state index >= 15 is 0 Å². The molecule has 1 N–H and O–H groups in total. The Kier molecular flexibility index (Phi) is 6.13. The summed E-state index contributed by atoms with van der Waals surface area (Å²) in [5.41, 5.74) is 0.918. The van der Waals surface area contributed by atoms with E-state index in [1.54, 1.807) is 41.6 Å². The molecule has 1 aliphatic heterocycles. The van der Waals surface area contributed by atoms with Gasteiger partial charge in [0.25, 0.3) is 0 Å². The molecule has 3 rings (SSSR count). The second-order valence-electron chi connectivity index (χ2n) is 6.31. The van der Waals surface area contributed by atoms with Crippen LogP contribution in [0, 0.1) is 0 Å². The highest BCUT2D eigenvalue weighted by molar-refractivity contribution is 9.10. The van der Waals surface area contributed by atoms with Gasteiger partial charge in [-0.25, -0.2) is 13.2 Å². The number of nitrogens with zero attached hydrogens (tertiary/aromatic N) is 3. The Balaban J connectivity index is 1.59. The van der Waals surface area contributed by atoms with Crippen LogP contribution in [0.3, 0.4) is 0 Å². The van der Waals surface area contributed by atoms with Gasteiger partial charge >= 0.3 is 6.03 Å². The summed E-state index contributed by atoms with van der Waals surface area (Å²) >= 11 is 3.30. The van der Waals surface area contributed by atoms with E-state index in [0.29, 0.717) is 17.6 Å². The number of halogens is 1. The largest absolute Gasteiger partial charge is 0.331 e. The number of nitrogens with one attached hydrogen (secondary N) is 1. The molecule has 1 aromatic carbocycles. The van der Waals surface area contributed by atoms with E-state index in [1.807, 2.05) is 19.1 Å². The molecule has 2 heterocycles. The zero-order valence-electron chi connectivity index (χ0n) is 14.9. The van der Waals surface area contributed by atoms with Gasteiger partial charge in [0.2, 0.25) is 10.0 Å². The van der Waals surface area contributed by atoms with Gasteiger partial charge in [0.15, 0.2) is 0 Å². The molecule has 9 heteroatoms. The van der Waals surface area contributed by atoms with E-state index in [0.717, 1.165) is 5.56 Å². The molecule has 0 unspecified atom stereocenters. The Labute approximate surface area is 167 Å². The quantitative estimate of drug-likeness (QED) is 0.772. The molecule has 1 atom stereocenters. The Morgan fingerprint density at radius 3 is 2.56 bits per heavy atom. The molecule has 0 aliphatic carbocycles. The first-order valence-corrected chi connectivity index (χ1v) is 10.8. The smallest absolute Gasteiger partial charge is 0.317 e. The number of hydrogen-bond donors (Lipinski definition) is 1. The van der Waals surface area contributed by atoms with Crippen LogP contribution in [0.15, 0.2) is 58.2 Å². The second-order valence-corrected chi connectivity index (χ2v) is 9.16. The van der Waals surface area contributed by atoms with Gasteiger partial charge < -0.3 is 10.2 Å². The minimum atomic E-state index is -3.56. The van der Waals surface area contributed by atoms with Gasteiger partial charge in [-0.15, -0.1) is 0 Å². The number of aromatic nitrogens is 1. The third-order valence-electron chi connectivity index (χ3n) is 4.48. The zero-order valence-corrected chi connectivity index (χ0v) is 17.3. The zero-order chi connectivity index (χ0) is 19.4. The Bertz CT molecular complexity index is 900. The molecule has 1 fully saturated rings. The van der Waals surface area contributed by atoms with Crippen LogP contribution in [0.1, 0.15) is 18.5 Å². The summed E-state index contributed by atoms with van der Waals surface area (Å²) in [5, 5.41) is 2.93. The van der Waals surface area contributed by atoms with Gasteiger partial charge in [0.05, 0.1) is 10.9 Å². The van der Waals surface area contributed by atoms with Crippen molar-refractivity contribution < 1.29 is 13.2 Å². The molecule has 2 aromatic rings. The summed E-state index contributed by atoms with van der Waals surface area (Å²) < 4.78 is 27.6. The number of sulfonamides is 1. The maximum atomic E-state index is 12.8. The molecule has 2 amide bonds. The summed E-state index contributed by atoms with van der Waals surface area (Å²) in [6.45, 7) is 3.12. The van der Waals surface area contributed by atoms with E-state index in [2.05, 4.69) is 26.2 Å². The van der Waals surface area contributed by atoms with Gasteiger partial charge in [0, 0.05) is 43.0 Å². The molecule has 0 bridgehead atoms. The van der Waals surface area contributed by atoms with E-state index in [4.69, 9.17) is 0 Å². The molecule has 144 valence electrons. The van der Waals surface area contributed by atoms with Gasteiger partial charge in [-0.1, -0.05) is 28.1 Å². The lowest BCUT2D eigenvalue weighted by Gasteiger charge is -2.34. The van der Waals surface area contributed by atoms with Crippen LogP contribution in [0.4, 0.5) is 4.79 Å². The normalized spacial score (nSPS) is 16.7. The first-order chi connectivity index (χ1) is 12.9. The Hall–Kier alpha value is -1.97. The fourth-order valence-electron chi connectivity index (χ4n) is 2.90. The lowest BCUT2D eigenvalue weighted by atomic mass is 10.1. The topological polar surface area (TPSA) is 82.6 Å². The predicted octanol–water partition coefficient (Wildman–Crippen LogP) is 2.62. The SMILES string of the molecule is C[C@H](NC(=O)N1CCN(S(=O)(=O)c2cccc(Br)c2)CC1)c1cccnc1. The van der Waals surface area contributed by atoms with E-state index in [9.17, 15) is 13.2 Å². The standard InChI is InChI=1S/C18H21BrN4O3S/c1-14(15-4-3-7-20-13-15)21-18(24)22-8-10-23(11-9-22)27(25,26)17-6-2-5-16(19)12-17/h2-7,12-14H,8-11H2,1H3,(H,21,24)/t14-/m0/s1. The monoisotopic (exact) mass is 452 g/mol. The Morgan fingerprint density at radius 1 is 1.19 bits per heavy atom. The number of benzene rings is 1. The highest BCUT2D eigenvalue weighted by atomic mass is 79.9. The number of piperazine rings is 1.